The van der Waals surface area contributed by atoms with Crippen molar-refractivity contribution in [3.05, 3.63) is 166 Å². The number of carbonyl (C=O) groups is 4. The second-order valence-corrected chi connectivity index (χ2v) is 13.9. The van der Waals surface area contributed by atoms with Crippen LogP contribution in [0.25, 0.3) is 90.9 Å². The number of aromatic amines is 2. The third-order valence-electron chi connectivity index (χ3n) is 10.3. The molecule has 0 amide bonds. The van der Waals surface area contributed by atoms with Gasteiger partial charge >= 0.3 is 0 Å². The highest BCUT2D eigenvalue weighted by Gasteiger charge is 2.19. The van der Waals surface area contributed by atoms with E-state index in [0.717, 1.165) is 85.4 Å². The van der Waals surface area contributed by atoms with E-state index in [0.29, 0.717) is 45.0 Å². The molecule has 0 aliphatic carbocycles. The SMILES string of the molecule is CC(=O)c1ccc(-c2c3nc(c(-c4ccc(C=O)cc4)c4ccc([nH]4)c(-c4ccc(C=O)cc4)c4nc(c(-c5ccc(C=O)cc5)c5ccc2[nH]5)C=C4)C=C3)cc1. The van der Waals surface area contributed by atoms with Gasteiger partial charge in [0.2, 0.25) is 0 Å². The van der Waals surface area contributed by atoms with Crippen LogP contribution in [-0.2, 0) is 0 Å². The number of ketones is 1. The molecule has 57 heavy (non-hydrogen) atoms. The van der Waals surface area contributed by atoms with Gasteiger partial charge in [-0.3, -0.25) is 19.2 Å². The summed E-state index contributed by atoms with van der Waals surface area (Å²) in [4.78, 5) is 65.1. The van der Waals surface area contributed by atoms with Crippen molar-refractivity contribution >= 4 is 71.0 Å². The number of Topliss-reactive ketones (excluding diaryl/α,β-unsaturated/α-hetero) is 1. The molecule has 8 bridgehead atoms. The maximum atomic E-state index is 12.3. The fourth-order valence-corrected chi connectivity index (χ4v) is 7.48. The number of hydrogen-bond donors (Lipinski definition) is 2. The summed E-state index contributed by atoms with van der Waals surface area (Å²) in [5.74, 6) is -0.0228. The third kappa shape index (κ3) is 6.45. The number of benzene rings is 4. The lowest BCUT2D eigenvalue weighted by molar-refractivity contribution is 0.101. The highest BCUT2D eigenvalue weighted by molar-refractivity contribution is 6.01. The Morgan fingerprint density at radius 2 is 0.667 bits per heavy atom. The van der Waals surface area contributed by atoms with Crippen LogP contribution in [0.2, 0.25) is 0 Å². The molecule has 2 N–H and O–H groups in total. The Labute approximate surface area is 327 Å². The van der Waals surface area contributed by atoms with Gasteiger partial charge in [-0.15, -0.1) is 0 Å². The molecule has 0 unspecified atom stereocenters. The fraction of sp³-hybridized carbons (Fsp3) is 0.0204. The fourth-order valence-electron chi connectivity index (χ4n) is 7.48. The summed E-state index contributed by atoms with van der Waals surface area (Å²) in [6.07, 6.45) is 10.4. The van der Waals surface area contributed by atoms with Crippen molar-refractivity contribution in [1.82, 2.24) is 19.9 Å². The number of nitrogens with zero attached hydrogens (tertiary/aromatic N) is 2. The van der Waals surface area contributed by atoms with Crippen molar-refractivity contribution < 1.29 is 19.2 Å². The Balaban J connectivity index is 1.44. The van der Waals surface area contributed by atoms with E-state index < -0.39 is 0 Å². The Kier molecular flexibility index (Phi) is 8.83. The Morgan fingerprint density at radius 3 is 0.912 bits per heavy atom. The van der Waals surface area contributed by atoms with Gasteiger partial charge in [0.1, 0.15) is 18.9 Å². The Hall–Kier alpha value is -7.84. The second-order valence-electron chi connectivity index (χ2n) is 13.9. The molecule has 0 saturated heterocycles. The van der Waals surface area contributed by atoms with Gasteiger partial charge in [-0.1, -0.05) is 97.1 Å². The minimum Gasteiger partial charge on any atom is -0.354 e. The molecule has 2 aliphatic heterocycles. The number of aromatic nitrogens is 4. The van der Waals surface area contributed by atoms with Crippen LogP contribution in [0.4, 0.5) is 0 Å². The van der Waals surface area contributed by atoms with Crippen molar-refractivity contribution in [3.63, 3.8) is 0 Å². The van der Waals surface area contributed by atoms with Crippen molar-refractivity contribution in [3.8, 4) is 44.5 Å². The van der Waals surface area contributed by atoms with Gasteiger partial charge < -0.3 is 9.97 Å². The summed E-state index contributed by atoms with van der Waals surface area (Å²) < 4.78 is 0. The van der Waals surface area contributed by atoms with Gasteiger partial charge in [-0.05, 0) is 77.7 Å². The molecule has 0 spiro atoms. The molecular formula is C49H32N4O4. The zero-order valence-corrected chi connectivity index (χ0v) is 30.6. The van der Waals surface area contributed by atoms with Crippen LogP contribution in [-0.4, -0.2) is 44.6 Å². The molecule has 5 heterocycles. The van der Waals surface area contributed by atoms with E-state index in [2.05, 4.69) is 9.97 Å². The molecule has 0 saturated carbocycles. The van der Waals surface area contributed by atoms with Gasteiger partial charge in [0.05, 0.1) is 22.8 Å². The van der Waals surface area contributed by atoms with Gasteiger partial charge in [0, 0.05) is 66.6 Å². The van der Waals surface area contributed by atoms with Gasteiger partial charge in [0.25, 0.3) is 0 Å². The van der Waals surface area contributed by atoms with E-state index in [9.17, 15) is 19.2 Å². The first kappa shape index (κ1) is 34.9. The molecule has 0 fully saturated rings. The molecule has 3 aromatic heterocycles. The van der Waals surface area contributed by atoms with Crippen molar-refractivity contribution in [2.75, 3.05) is 0 Å². The summed E-state index contributed by atoms with van der Waals surface area (Å²) in [6.45, 7) is 1.55. The highest BCUT2D eigenvalue weighted by atomic mass is 16.1. The lowest BCUT2D eigenvalue weighted by Crippen LogP contribution is -1.92. The molecule has 8 nitrogen and oxygen atoms in total. The number of carbonyl (C=O) groups excluding carboxylic acids is 4. The summed E-state index contributed by atoms with van der Waals surface area (Å²) in [7, 11) is 0. The van der Waals surface area contributed by atoms with Gasteiger partial charge in [-0.2, -0.15) is 0 Å². The molecule has 2 aliphatic rings. The number of hydrogen-bond acceptors (Lipinski definition) is 6. The molecule has 0 atom stereocenters. The molecule has 272 valence electrons. The predicted molar refractivity (Wildman–Crippen MR) is 227 cm³/mol. The van der Waals surface area contributed by atoms with Crippen LogP contribution >= 0.6 is 0 Å². The molecule has 8 heteroatoms. The monoisotopic (exact) mass is 740 g/mol. The summed E-state index contributed by atoms with van der Waals surface area (Å²) in [6, 6.07) is 37.8. The first-order valence-electron chi connectivity index (χ1n) is 18.3. The zero-order valence-electron chi connectivity index (χ0n) is 30.6. The van der Waals surface area contributed by atoms with Crippen molar-refractivity contribution in [1.29, 1.82) is 0 Å². The quantitative estimate of drug-likeness (QED) is 0.118. The van der Waals surface area contributed by atoms with Gasteiger partial charge in [0.15, 0.2) is 5.78 Å². The van der Waals surface area contributed by atoms with Crippen LogP contribution in [0, 0.1) is 0 Å². The number of fused-ring (bicyclic) bond motifs is 8. The van der Waals surface area contributed by atoms with E-state index in [-0.39, 0.29) is 5.78 Å². The predicted octanol–water partition coefficient (Wildman–Crippen LogP) is 11.0. The van der Waals surface area contributed by atoms with Crippen LogP contribution in [0.1, 0.15) is 71.1 Å². The minimum atomic E-state index is -0.0228. The highest BCUT2D eigenvalue weighted by Crippen LogP contribution is 2.38. The molecule has 9 rings (SSSR count). The lowest BCUT2D eigenvalue weighted by atomic mass is 10.0. The van der Waals surface area contributed by atoms with E-state index >= 15 is 0 Å². The van der Waals surface area contributed by atoms with Crippen LogP contribution < -0.4 is 0 Å². The first-order chi connectivity index (χ1) is 27.9. The topological polar surface area (TPSA) is 126 Å². The lowest BCUT2D eigenvalue weighted by Gasteiger charge is -2.07. The normalized spacial score (nSPS) is 11.7. The molecule has 7 aromatic rings. The van der Waals surface area contributed by atoms with Crippen molar-refractivity contribution in [2.24, 2.45) is 0 Å². The maximum Gasteiger partial charge on any atom is 0.159 e. The third-order valence-corrected chi connectivity index (χ3v) is 10.3. The van der Waals surface area contributed by atoms with Crippen LogP contribution in [0.3, 0.4) is 0 Å². The van der Waals surface area contributed by atoms with E-state index in [4.69, 9.17) is 9.97 Å². The van der Waals surface area contributed by atoms with E-state index in [1.807, 2.05) is 109 Å². The maximum absolute atomic E-state index is 12.3. The first-order valence-corrected chi connectivity index (χ1v) is 18.3. The van der Waals surface area contributed by atoms with E-state index in [1.165, 1.54) is 0 Å². The minimum absolute atomic E-state index is 0.0228. The summed E-state index contributed by atoms with van der Waals surface area (Å²) in [5, 5.41) is 0. The smallest absolute Gasteiger partial charge is 0.159 e. The molecule has 0 radical (unpaired) electrons. The summed E-state index contributed by atoms with van der Waals surface area (Å²) >= 11 is 0. The second kappa shape index (κ2) is 14.4. The Bertz CT molecular complexity index is 2950. The number of nitrogens with one attached hydrogen (secondary N) is 2. The number of H-pyrrole nitrogens is 2. The number of aldehydes is 3. The van der Waals surface area contributed by atoms with Crippen LogP contribution in [0.5, 0.6) is 0 Å². The van der Waals surface area contributed by atoms with Crippen LogP contribution in [0.15, 0.2) is 121 Å². The van der Waals surface area contributed by atoms with Gasteiger partial charge in [-0.25, -0.2) is 9.97 Å². The largest absolute Gasteiger partial charge is 0.354 e. The Morgan fingerprint density at radius 1 is 0.404 bits per heavy atom. The standard InChI is InChI=1S/C49H32N4O4/c1-29(57)33-14-16-37(17-15-33)49-44-24-22-42(52-44)47(35-10-4-31(27-55)5-11-35)40-20-18-38(50-40)46(34-8-2-30(26-54)3-9-34)39-19-21-41(51-39)48(43-23-25-45(49)53-43)36-12-6-32(28-56)7-13-36/h2-28,50,53H,1H3. The van der Waals surface area contributed by atoms with E-state index in [1.54, 1.807) is 43.3 Å². The average Bonchev–Trinajstić information content (AvgIpc) is 4.10. The molecule has 4 aromatic carbocycles. The average molecular weight is 741 g/mol. The number of rotatable bonds is 8. The van der Waals surface area contributed by atoms with Crippen molar-refractivity contribution in [2.45, 2.75) is 6.92 Å². The summed E-state index contributed by atoms with van der Waals surface area (Å²) in [5.41, 5.74) is 15.1. The zero-order chi connectivity index (χ0) is 39.0. The molecular weight excluding hydrogens is 709 g/mol.